The zero-order chi connectivity index (χ0) is 38.9. The minimum absolute atomic E-state index is 0.691. The van der Waals surface area contributed by atoms with E-state index in [-0.39, 0.29) is 0 Å². The van der Waals surface area contributed by atoms with Gasteiger partial charge in [-0.25, -0.2) is 15.0 Å². The second kappa shape index (κ2) is 13.6. The zero-order valence-corrected chi connectivity index (χ0v) is 32.6. The van der Waals surface area contributed by atoms with Gasteiger partial charge >= 0.3 is 0 Å². The number of fused-ring (bicyclic) bond motifs is 9. The minimum Gasteiger partial charge on any atom is -0.247 e. The number of thiophene rings is 1. The molecule has 12 aromatic rings. The highest BCUT2D eigenvalue weighted by Gasteiger charge is 2.23. The molecule has 12 rings (SSSR count). The average Bonchev–Trinajstić information content (AvgIpc) is 3.70. The highest BCUT2D eigenvalue weighted by atomic mass is 32.1. The summed E-state index contributed by atoms with van der Waals surface area (Å²) in [5.74, 6) is 0.691. The molecule has 0 N–H and O–H groups in total. The van der Waals surface area contributed by atoms with Crippen molar-refractivity contribution in [3.05, 3.63) is 200 Å². The van der Waals surface area contributed by atoms with Crippen molar-refractivity contribution < 1.29 is 0 Å². The highest BCUT2D eigenvalue weighted by molar-refractivity contribution is 7.26. The molecule has 0 aliphatic carbocycles. The van der Waals surface area contributed by atoms with E-state index in [2.05, 4.69) is 194 Å². The summed E-state index contributed by atoms with van der Waals surface area (Å²) in [4.78, 5) is 16.3. The van der Waals surface area contributed by atoms with E-state index in [0.29, 0.717) is 5.82 Å². The molecule has 0 saturated heterocycles. The van der Waals surface area contributed by atoms with Crippen molar-refractivity contribution in [2.45, 2.75) is 0 Å². The monoisotopic (exact) mass is 767 g/mol. The molecular formula is C55H33N3S. The van der Waals surface area contributed by atoms with Crippen LogP contribution < -0.4 is 0 Å². The third kappa shape index (κ3) is 5.45. The van der Waals surface area contributed by atoms with Crippen molar-refractivity contribution >= 4 is 74.7 Å². The van der Waals surface area contributed by atoms with E-state index in [9.17, 15) is 0 Å². The van der Waals surface area contributed by atoms with E-state index in [0.717, 1.165) is 72.1 Å². The van der Waals surface area contributed by atoms with Crippen LogP contribution in [0, 0.1) is 0 Å². The molecule has 0 unspecified atom stereocenters. The number of benzene rings is 9. The molecule has 0 bridgehead atoms. The molecular weight excluding hydrogens is 735 g/mol. The Morgan fingerprint density at radius 3 is 1.56 bits per heavy atom. The zero-order valence-electron chi connectivity index (χ0n) is 31.8. The largest absolute Gasteiger partial charge is 0.247 e. The van der Waals surface area contributed by atoms with Crippen LogP contribution in [0.15, 0.2) is 200 Å². The third-order valence-corrected chi connectivity index (χ3v) is 12.9. The van der Waals surface area contributed by atoms with E-state index < -0.39 is 0 Å². The first-order valence-corrected chi connectivity index (χ1v) is 20.8. The summed E-state index contributed by atoms with van der Waals surface area (Å²) >= 11 is 1.87. The maximum atomic E-state index is 5.49. The number of nitrogens with zero attached hydrogens (tertiary/aromatic N) is 3. The maximum absolute atomic E-state index is 5.49. The lowest BCUT2D eigenvalue weighted by molar-refractivity contribution is 1.19. The van der Waals surface area contributed by atoms with E-state index in [1.165, 1.54) is 41.7 Å². The van der Waals surface area contributed by atoms with Gasteiger partial charge in [0.15, 0.2) is 5.82 Å². The van der Waals surface area contributed by atoms with Gasteiger partial charge in [0.05, 0.1) is 22.6 Å². The number of hydrogen-bond acceptors (Lipinski definition) is 4. The van der Waals surface area contributed by atoms with Crippen LogP contribution in [0.25, 0.3) is 120 Å². The van der Waals surface area contributed by atoms with Gasteiger partial charge in [0.1, 0.15) is 0 Å². The molecule has 0 saturated carbocycles. The molecule has 274 valence electrons. The molecule has 0 radical (unpaired) electrons. The molecule has 0 amide bonds. The minimum atomic E-state index is 0.691. The number of para-hydroxylation sites is 1. The quantitative estimate of drug-likeness (QED) is 0.164. The first-order valence-electron chi connectivity index (χ1n) is 19.9. The molecule has 59 heavy (non-hydrogen) atoms. The van der Waals surface area contributed by atoms with Gasteiger partial charge in [0.25, 0.3) is 0 Å². The average molecular weight is 768 g/mol. The number of hydrogen-bond donors (Lipinski definition) is 0. The summed E-state index contributed by atoms with van der Waals surface area (Å²) < 4.78 is 2.60. The maximum Gasteiger partial charge on any atom is 0.160 e. The fourth-order valence-electron chi connectivity index (χ4n) is 8.94. The predicted molar refractivity (Wildman–Crippen MR) is 250 cm³/mol. The Balaban J connectivity index is 1.13. The van der Waals surface area contributed by atoms with Gasteiger partial charge in [0.2, 0.25) is 0 Å². The predicted octanol–water partition coefficient (Wildman–Crippen LogP) is 15.2. The number of aromatic nitrogens is 3. The van der Waals surface area contributed by atoms with Gasteiger partial charge in [-0.2, -0.15) is 0 Å². The molecule has 3 nitrogen and oxygen atoms in total. The molecule has 3 aromatic heterocycles. The van der Waals surface area contributed by atoms with Crippen molar-refractivity contribution in [1.82, 2.24) is 15.0 Å². The Morgan fingerprint density at radius 2 is 0.864 bits per heavy atom. The van der Waals surface area contributed by atoms with Crippen molar-refractivity contribution in [2.24, 2.45) is 0 Å². The van der Waals surface area contributed by atoms with Gasteiger partial charge < -0.3 is 0 Å². The van der Waals surface area contributed by atoms with E-state index >= 15 is 0 Å². The van der Waals surface area contributed by atoms with E-state index in [1.807, 2.05) is 17.4 Å². The van der Waals surface area contributed by atoms with Gasteiger partial charge in [-0.15, -0.1) is 11.3 Å². The van der Waals surface area contributed by atoms with Crippen LogP contribution in [0.2, 0.25) is 0 Å². The lowest BCUT2D eigenvalue weighted by atomic mass is 9.89. The van der Waals surface area contributed by atoms with Crippen LogP contribution in [0.1, 0.15) is 0 Å². The van der Waals surface area contributed by atoms with Crippen LogP contribution in [0.3, 0.4) is 0 Å². The molecule has 0 aliphatic heterocycles. The van der Waals surface area contributed by atoms with Gasteiger partial charge in [0, 0.05) is 64.1 Å². The molecule has 0 spiro atoms. The normalized spacial score (nSPS) is 11.7. The fraction of sp³-hybridized carbons (Fsp3) is 0. The van der Waals surface area contributed by atoms with Gasteiger partial charge in [-0.05, 0) is 39.2 Å². The Kier molecular flexibility index (Phi) is 7.72. The summed E-state index contributed by atoms with van der Waals surface area (Å²) in [6.45, 7) is 0. The molecule has 0 fully saturated rings. The summed E-state index contributed by atoms with van der Waals surface area (Å²) in [6.07, 6.45) is 0. The Hall–Kier alpha value is -7.53. The molecule has 3 heterocycles. The Morgan fingerprint density at radius 1 is 0.322 bits per heavy atom. The SMILES string of the molecule is c1ccc(-c2nc(-c3cccc4ccccc34)c(-c3ccc(-c4nc5ccccc5c5c4ccc4c6ccccc6sc45)cc3)c(-c3cccc4ccccc34)n2)cc1. The molecule has 0 aliphatic rings. The Bertz CT molecular complexity index is 3500. The van der Waals surface area contributed by atoms with Crippen molar-refractivity contribution in [2.75, 3.05) is 0 Å². The molecule has 4 heteroatoms. The van der Waals surface area contributed by atoms with Crippen molar-refractivity contribution in [3.63, 3.8) is 0 Å². The molecule has 9 aromatic carbocycles. The highest BCUT2D eigenvalue weighted by Crippen LogP contribution is 2.46. The summed E-state index contributed by atoms with van der Waals surface area (Å²) in [5.41, 5.74) is 9.96. The van der Waals surface area contributed by atoms with Crippen LogP contribution in [0.4, 0.5) is 0 Å². The second-order valence-corrected chi connectivity index (χ2v) is 16.1. The van der Waals surface area contributed by atoms with Gasteiger partial charge in [-0.3, -0.25) is 0 Å². The summed E-state index contributed by atoms with van der Waals surface area (Å²) in [7, 11) is 0. The van der Waals surface area contributed by atoms with Crippen LogP contribution in [-0.4, -0.2) is 15.0 Å². The lowest BCUT2D eigenvalue weighted by Gasteiger charge is -2.19. The number of rotatable bonds is 5. The lowest BCUT2D eigenvalue weighted by Crippen LogP contribution is -2.01. The second-order valence-electron chi connectivity index (χ2n) is 15.1. The van der Waals surface area contributed by atoms with E-state index in [4.69, 9.17) is 15.0 Å². The first kappa shape index (κ1) is 33.6. The summed E-state index contributed by atoms with van der Waals surface area (Å²) in [6, 6.07) is 71.3. The first-order chi connectivity index (χ1) is 29.3. The summed E-state index contributed by atoms with van der Waals surface area (Å²) in [5, 5.41) is 10.8. The van der Waals surface area contributed by atoms with Crippen LogP contribution in [-0.2, 0) is 0 Å². The van der Waals surface area contributed by atoms with Crippen molar-refractivity contribution in [1.29, 1.82) is 0 Å². The molecule has 0 atom stereocenters. The van der Waals surface area contributed by atoms with Gasteiger partial charge in [-0.1, -0.05) is 188 Å². The third-order valence-electron chi connectivity index (χ3n) is 11.7. The van der Waals surface area contributed by atoms with Crippen molar-refractivity contribution in [3.8, 4) is 56.3 Å². The fourth-order valence-corrected chi connectivity index (χ4v) is 10.2. The van der Waals surface area contributed by atoms with Crippen LogP contribution >= 0.6 is 11.3 Å². The Labute approximate surface area is 344 Å². The topological polar surface area (TPSA) is 38.7 Å². The van der Waals surface area contributed by atoms with Crippen LogP contribution in [0.5, 0.6) is 0 Å². The smallest absolute Gasteiger partial charge is 0.160 e. The van der Waals surface area contributed by atoms with E-state index in [1.54, 1.807) is 0 Å². The number of pyridine rings is 1. The standard InChI is InChI=1S/C55H33N3S/c1-2-16-38(17-3-1)55-57-52(42-24-12-18-34-14-4-6-20-39(34)42)49(53(58-55)43-25-13-19-35-15-5-7-21-40(35)43)36-28-30-37(31-29-36)51-46-33-32-44-41-22-9-11-27-48(41)59-54(44)50(46)45-23-8-10-26-47(45)56-51/h1-33H.